The first kappa shape index (κ1) is 11.0. The smallest absolute Gasteiger partial charge is 0.0462 e. The van der Waals surface area contributed by atoms with Gasteiger partial charge in [-0.1, -0.05) is 6.92 Å². The predicted molar refractivity (Wildman–Crippen MR) is 55.9 cm³/mol. The molecule has 1 unspecified atom stereocenters. The van der Waals surface area contributed by atoms with Crippen LogP contribution in [0.4, 0.5) is 0 Å². The molecule has 1 fully saturated rings. The molecule has 1 aliphatic rings. The topological polar surface area (TPSA) is 21.3 Å². The molecule has 1 atom stereocenters. The van der Waals surface area contributed by atoms with E-state index in [9.17, 15) is 0 Å². The van der Waals surface area contributed by atoms with Crippen LogP contribution in [-0.2, 0) is 4.74 Å². The maximum atomic E-state index is 4.99. The highest BCUT2D eigenvalue weighted by Crippen LogP contribution is 2.35. The van der Waals surface area contributed by atoms with Gasteiger partial charge >= 0.3 is 0 Å². The fourth-order valence-electron chi connectivity index (χ4n) is 1.66. The van der Waals surface area contributed by atoms with E-state index in [0.717, 1.165) is 25.0 Å². The molecule has 0 saturated heterocycles. The molecule has 1 saturated carbocycles. The molecule has 1 N–H and O–H groups in total. The zero-order valence-electron chi connectivity index (χ0n) is 9.01. The van der Waals surface area contributed by atoms with E-state index < -0.39 is 0 Å². The van der Waals surface area contributed by atoms with Crippen LogP contribution in [0, 0.1) is 11.8 Å². The van der Waals surface area contributed by atoms with Crippen molar-refractivity contribution in [1.29, 1.82) is 0 Å². The fraction of sp³-hybridized carbons (Fsp3) is 1.00. The Labute approximate surface area is 82.0 Å². The third kappa shape index (κ3) is 5.27. The van der Waals surface area contributed by atoms with Gasteiger partial charge < -0.3 is 10.1 Å². The minimum Gasteiger partial charge on any atom is -0.385 e. The highest BCUT2D eigenvalue weighted by molar-refractivity contribution is 4.79. The van der Waals surface area contributed by atoms with Crippen LogP contribution in [0.5, 0.6) is 0 Å². The minimum absolute atomic E-state index is 0.891. The molecule has 13 heavy (non-hydrogen) atoms. The van der Waals surface area contributed by atoms with Crippen LogP contribution in [0.25, 0.3) is 0 Å². The second-order valence-electron chi connectivity index (χ2n) is 4.22. The highest BCUT2D eigenvalue weighted by Gasteiger charge is 2.27. The summed E-state index contributed by atoms with van der Waals surface area (Å²) in [5.41, 5.74) is 0. The Morgan fingerprint density at radius 2 is 2.15 bits per heavy atom. The average Bonchev–Trinajstić information content (AvgIpc) is 2.93. The standard InChI is InChI=1S/C11H23NO/c1-10(11-5-6-11)9-12-7-3-4-8-13-2/h10-12H,3-9H2,1-2H3. The lowest BCUT2D eigenvalue weighted by Crippen LogP contribution is -2.23. The maximum Gasteiger partial charge on any atom is 0.0462 e. The molecule has 1 aliphatic carbocycles. The van der Waals surface area contributed by atoms with E-state index in [1.54, 1.807) is 7.11 Å². The van der Waals surface area contributed by atoms with Gasteiger partial charge in [-0.2, -0.15) is 0 Å². The fourth-order valence-corrected chi connectivity index (χ4v) is 1.66. The first-order valence-corrected chi connectivity index (χ1v) is 5.54. The Hall–Kier alpha value is -0.0800. The van der Waals surface area contributed by atoms with Gasteiger partial charge in [-0.05, 0) is 50.6 Å². The van der Waals surface area contributed by atoms with Gasteiger partial charge in [-0.3, -0.25) is 0 Å². The average molecular weight is 185 g/mol. The summed E-state index contributed by atoms with van der Waals surface area (Å²) in [7, 11) is 1.77. The van der Waals surface area contributed by atoms with Gasteiger partial charge in [0.1, 0.15) is 0 Å². The van der Waals surface area contributed by atoms with Gasteiger partial charge in [0.25, 0.3) is 0 Å². The summed E-state index contributed by atoms with van der Waals surface area (Å²) in [5, 5.41) is 3.51. The Bertz CT molecular complexity index is 123. The number of rotatable bonds is 8. The summed E-state index contributed by atoms with van der Waals surface area (Å²) < 4.78 is 4.99. The quantitative estimate of drug-likeness (QED) is 0.584. The van der Waals surface area contributed by atoms with Crippen LogP contribution in [-0.4, -0.2) is 26.8 Å². The van der Waals surface area contributed by atoms with Crippen LogP contribution in [0.15, 0.2) is 0 Å². The first-order valence-electron chi connectivity index (χ1n) is 5.54. The van der Waals surface area contributed by atoms with E-state index in [-0.39, 0.29) is 0 Å². The van der Waals surface area contributed by atoms with E-state index in [1.807, 2.05) is 0 Å². The van der Waals surface area contributed by atoms with Crippen molar-refractivity contribution in [1.82, 2.24) is 5.32 Å². The maximum absolute atomic E-state index is 4.99. The Kier molecular flexibility index (Phi) is 5.40. The lowest BCUT2D eigenvalue weighted by atomic mass is 10.1. The van der Waals surface area contributed by atoms with Crippen molar-refractivity contribution in [3.63, 3.8) is 0 Å². The summed E-state index contributed by atoms with van der Waals surface area (Å²) in [6.07, 6.45) is 5.35. The largest absolute Gasteiger partial charge is 0.385 e. The highest BCUT2D eigenvalue weighted by atomic mass is 16.5. The molecular formula is C11H23NO. The molecule has 1 rings (SSSR count). The molecule has 0 heterocycles. The van der Waals surface area contributed by atoms with Crippen LogP contribution >= 0.6 is 0 Å². The summed E-state index contributed by atoms with van der Waals surface area (Å²) in [6.45, 7) is 5.62. The summed E-state index contributed by atoms with van der Waals surface area (Å²) in [6, 6.07) is 0. The van der Waals surface area contributed by atoms with Gasteiger partial charge in [-0.25, -0.2) is 0 Å². The molecule has 0 radical (unpaired) electrons. The number of methoxy groups -OCH3 is 1. The zero-order chi connectivity index (χ0) is 9.52. The lowest BCUT2D eigenvalue weighted by molar-refractivity contribution is 0.192. The minimum atomic E-state index is 0.891. The van der Waals surface area contributed by atoms with E-state index >= 15 is 0 Å². The SMILES string of the molecule is COCCCCNCC(C)C1CC1. The molecule has 2 nitrogen and oxygen atoms in total. The van der Waals surface area contributed by atoms with Gasteiger partial charge in [0.05, 0.1) is 0 Å². The van der Waals surface area contributed by atoms with Gasteiger partial charge in [0.2, 0.25) is 0 Å². The van der Waals surface area contributed by atoms with Crippen LogP contribution in [0.2, 0.25) is 0 Å². The third-order valence-electron chi connectivity index (χ3n) is 2.85. The van der Waals surface area contributed by atoms with Crippen LogP contribution in [0.1, 0.15) is 32.6 Å². The van der Waals surface area contributed by atoms with Crippen molar-refractivity contribution in [3.8, 4) is 0 Å². The molecule has 0 spiro atoms. The second kappa shape index (κ2) is 6.39. The van der Waals surface area contributed by atoms with Crippen molar-refractivity contribution >= 4 is 0 Å². The predicted octanol–water partition coefficient (Wildman–Crippen LogP) is 2.05. The molecule has 0 bridgehead atoms. The molecule has 0 aliphatic heterocycles. The lowest BCUT2D eigenvalue weighted by Gasteiger charge is -2.10. The Morgan fingerprint density at radius 3 is 2.77 bits per heavy atom. The van der Waals surface area contributed by atoms with Gasteiger partial charge in [-0.15, -0.1) is 0 Å². The molecule has 2 heteroatoms. The van der Waals surface area contributed by atoms with Gasteiger partial charge in [0, 0.05) is 13.7 Å². The molecule has 0 aromatic carbocycles. The first-order chi connectivity index (χ1) is 6.34. The molecule has 0 amide bonds. The molecule has 78 valence electrons. The zero-order valence-corrected chi connectivity index (χ0v) is 9.01. The number of hydrogen-bond acceptors (Lipinski definition) is 2. The Balaban J connectivity index is 1.77. The summed E-state index contributed by atoms with van der Waals surface area (Å²) in [4.78, 5) is 0. The molecular weight excluding hydrogens is 162 g/mol. The van der Waals surface area contributed by atoms with Crippen LogP contribution < -0.4 is 5.32 Å². The number of unbranched alkanes of at least 4 members (excludes halogenated alkanes) is 1. The second-order valence-corrected chi connectivity index (χ2v) is 4.22. The summed E-state index contributed by atoms with van der Waals surface area (Å²) >= 11 is 0. The monoisotopic (exact) mass is 185 g/mol. The number of hydrogen-bond donors (Lipinski definition) is 1. The van der Waals surface area contributed by atoms with Crippen molar-refractivity contribution in [2.75, 3.05) is 26.8 Å². The number of ether oxygens (including phenoxy) is 1. The van der Waals surface area contributed by atoms with Crippen molar-refractivity contribution in [3.05, 3.63) is 0 Å². The van der Waals surface area contributed by atoms with Crippen LogP contribution in [0.3, 0.4) is 0 Å². The summed E-state index contributed by atoms with van der Waals surface area (Å²) in [5.74, 6) is 1.92. The van der Waals surface area contributed by atoms with E-state index in [2.05, 4.69) is 12.2 Å². The van der Waals surface area contributed by atoms with E-state index in [4.69, 9.17) is 4.74 Å². The van der Waals surface area contributed by atoms with Crippen molar-refractivity contribution < 1.29 is 4.74 Å². The van der Waals surface area contributed by atoms with Crippen molar-refractivity contribution in [2.24, 2.45) is 11.8 Å². The Morgan fingerprint density at radius 1 is 1.38 bits per heavy atom. The normalized spacial score (nSPS) is 18.9. The third-order valence-corrected chi connectivity index (χ3v) is 2.85. The number of nitrogens with one attached hydrogen (secondary N) is 1. The van der Waals surface area contributed by atoms with E-state index in [1.165, 1.54) is 32.2 Å². The molecule has 0 aromatic heterocycles. The van der Waals surface area contributed by atoms with Gasteiger partial charge in [0.15, 0.2) is 0 Å². The molecule has 0 aromatic rings. The van der Waals surface area contributed by atoms with Crippen molar-refractivity contribution in [2.45, 2.75) is 32.6 Å². The van der Waals surface area contributed by atoms with E-state index in [0.29, 0.717) is 0 Å².